The number of hydrogen-bond donors (Lipinski definition) is 1. The van der Waals surface area contributed by atoms with Crippen molar-refractivity contribution in [2.45, 2.75) is 6.42 Å². The van der Waals surface area contributed by atoms with Crippen molar-refractivity contribution >= 4 is 12.2 Å². The summed E-state index contributed by atoms with van der Waals surface area (Å²) in [7, 11) is 0. The van der Waals surface area contributed by atoms with Crippen molar-refractivity contribution in [1.29, 1.82) is 0 Å². The van der Waals surface area contributed by atoms with Gasteiger partial charge >= 0.3 is 0 Å². The first-order valence-electron chi connectivity index (χ1n) is 1.81. The second-order valence-electron chi connectivity index (χ2n) is 1.06. The van der Waals surface area contributed by atoms with Gasteiger partial charge in [0.25, 0.3) is 0 Å². The molecule has 0 aliphatic rings. The van der Waals surface area contributed by atoms with E-state index in [4.69, 9.17) is 5.21 Å². The molecule has 0 radical (unpaired) electrons. The summed E-state index contributed by atoms with van der Waals surface area (Å²) < 4.78 is 0. The molecule has 0 bridgehead atoms. The van der Waals surface area contributed by atoms with Crippen molar-refractivity contribution < 1.29 is 20.0 Å². The molecule has 0 aromatic rings. The number of carboxylic acid groups (broad SMARTS) is 1. The molecule has 0 spiro atoms. The predicted octanol–water partition coefficient (Wildman–Crippen LogP) is -1.90. The molecule has 0 saturated heterocycles. The third kappa shape index (κ3) is 4.74. The fraction of sp³-hybridized carbons (Fsp3) is 0.333. The van der Waals surface area contributed by atoms with Gasteiger partial charge in [0, 0.05) is 4.90 Å². The smallest absolute Gasteiger partial charge is 0.215 e. The van der Waals surface area contributed by atoms with Crippen LogP contribution in [0.3, 0.4) is 0 Å². The monoisotopic (exact) mass is 118 g/mol. The molecule has 0 fully saturated rings. The van der Waals surface area contributed by atoms with E-state index in [-0.39, 0.29) is 0 Å². The molecular weight excluding hydrogens is 114 g/mol. The van der Waals surface area contributed by atoms with Crippen LogP contribution in [0.15, 0.2) is 0 Å². The number of carbonyl (C=O) groups is 1. The van der Waals surface area contributed by atoms with Crippen LogP contribution in [0.1, 0.15) is 6.42 Å². The van der Waals surface area contributed by atoms with Gasteiger partial charge in [-0.3, -0.25) is 5.21 Å². The molecule has 5 nitrogen and oxygen atoms in total. The first-order valence-corrected chi connectivity index (χ1v) is 1.81. The molecule has 0 atom stereocenters. The quantitative estimate of drug-likeness (QED) is 0.198. The molecule has 0 aliphatic heterocycles. The van der Waals surface area contributed by atoms with Crippen LogP contribution in [0.5, 0.6) is 0 Å². The number of carboxylic acids is 1. The van der Waals surface area contributed by atoms with Crippen molar-refractivity contribution in [3.05, 3.63) is 5.21 Å². The lowest BCUT2D eigenvalue weighted by Crippen LogP contribution is -2.23. The maximum absolute atomic E-state index is 9.48. The SMILES string of the molecule is O=C([O-])C/C=[N+](\[O-])O. The van der Waals surface area contributed by atoms with Gasteiger partial charge in [-0.2, -0.15) is 0 Å². The Morgan fingerprint density at radius 3 is 2.50 bits per heavy atom. The molecule has 8 heavy (non-hydrogen) atoms. The van der Waals surface area contributed by atoms with Gasteiger partial charge in [-0.25, -0.2) is 0 Å². The van der Waals surface area contributed by atoms with Crippen molar-refractivity contribution in [2.24, 2.45) is 0 Å². The van der Waals surface area contributed by atoms with Crippen molar-refractivity contribution in [1.82, 2.24) is 0 Å². The van der Waals surface area contributed by atoms with Crippen LogP contribution in [0.4, 0.5) is 0 Å². The highest BCUT2D eigenvalue weighted by atomic mass is 16.8. The van der Waals surface area contributed by atoms with E-state index in [0.29, 0.717) is 6.21 Å². The highest BCUT2D eigenvalue weighted by Crippen LogP contribution is 1.65. The molecule has 0 unspecified atom stereocenters. The van der Waals surface area contributed by atoms with Gasteiger partial charge in [-0.1, -0.05) is 0 Å². The Hall–Kier alpha value is -1.26. The van der Waals surface area contributed by atoms with Gasteiger partial charge in [0.1, 0.15) is 0 Å². The number of nitrogens with zero attached hydrogens (tertiary/aromatic N) is 1. The van der Waals surface area contributed by atoms with Gasteiger partial charge in [-0.15, -0.1) is 0 Å². The summed E-state index contributed by atoms with van der Waals surface area (Å²) in [6.45, 7) is 0. The Kier molecular flexibility index (Phi) is 2.39. The molecule has 5 heteroatoms. The molecule has 46 valence electrons. The third-order valence-electron chi connectivity index (χ3n) is 0.414. The summed E-state index contributed by atoms with van der Waals surface area (Å²) in [6.07, 6.45) is -0.0324. The number of rotatable bonds is 2. The van der Waals surface area contributed by atoms with E-state index in [0.717, 1.165) is 0 Å². The molecule has 0 aliphatic carbocycles. The first-order chi connectivity index (χ1) is 3.63. The maximum Gasteiger partial charge on any atom is 0.215 e. The Morgan fingerprint density at radius 2 is 2.38 bits per heavy atom. The predicted molar refractivity (Wildman–Crippen MR) is 21.1 cm³/mol. The lowest BCUT2D eigenvalue weighted by Gasteiger charge is -1.89. The first kappa shape index (κ1) is 6.74. The lowest BCUT2D eigenvalue weighted by atomic mass is 10.5. The van der Waals surface area contributed by atoms with E-state index in [1.165, 1.54) is 0 Å². The molecule has 0 heterocycles. The Morgan fingerprint density at radius 1 is 1.88 bits per heavy atom. The van der Waals surface area contributed by atoms with Gasteiger partial charge in [-0.05, 0) is 0 Å². The molecular formula is C3H4NO4-. The van der Waals surface area contributed by atoms with Crippen molar-refractivity contribution in [3.8, 4) is 0 Å². The third-order valence-corrected chi connectivity index (χ3v) is 0.414. The van der Waals surface area contributed by atoms with E-state index >= 15 is 0 Å². The average molecular weight is 118 g/mol. The molecule has 0 aromatic heterocycles. The fourth-order valence-electron chi connectivity index (χ4n) is 0.153. The summed E-state index contributed by atoms with van der Waals surface area (Å²) >= 11 is 0. The van der Waals surface area contributed by atoms with Crippen LogP contribution in [0.2, 0.25) is 0 Å². The highest BCUT2D eigenvalue weighted by molar-refractivity contribution is 5.80. The lowest BCUT2D eigenvalue weighted by molar-refractivity contribution is -0.723. The van der Waals surface area contributed by atoms with Gasteiger partial charge < -0.3 is 15.1 Å². The average Bonchev–Trinajstić information content (AvgIpc) is 1.61. The van der Waals surface area contributed by atoms with Crippen molar-refractivity contribution in [2.75, 3.05) is 0 Å². The minimum absolute atomic E-state index is 0.537. The maximum atomic E-state index is 9.48. The Balaban J connectivity index is 3.45. The minimum Gasteiger partial charge on any atom is -0.550 e. The van der Waals surface area contributed by atoms with Crippen molar-refractivity contribution in [3.63, 3.8) is 0 Å². The van der Waals surface area contributed by atoms with E-state index in [1.54, 1.807) is 0 Å². The zero-order valence-electron chi connectivity index (χ0n) is 3.90. The summed E-state index contributed by atoms with van der Waals surface area (Å²) in [4.78, 5) is 8.91. The zero-order valence-corrected chi connectivity index (χ0v) is 3.90. The molecule has 0 aromatic carbocycles. The highest BCUT2D eigenvalue weighted by Gasteiger charge is 1.85. The second kappa shape index (κ2) is 2.84. The number of hydrogen-bond acceptors (Lipinski definition) is 4. The van der Waals surface area contributed by atoms with Gasteiger partial charge in [0.05, 0.1) is 12.4 Å². The van der Waals surface area contributed by atoms with Gasteiger partial charge in [0.2, 0.25) is 6.21 Å². The zero-order chi connectivity index (χ0) is 6.57. The topological polar surface area (TPSA) is 86.4 Å². The van der Waals surface area contributed by atoms with Crippen LogP contribution < -0.4 is 5.11 Å². The molecule has 1 N–H and O–H groups in total. The summed E-state index contributed by atoms with van der Waals surface area (Å²) in [5.74, 6) is -1.40. The normalized spacial score (nSPS) is 11.2. The molecule has 0 rings (SSSR count). The van der Waals surface area contributed by atoms with Crippen LogP contribution in [0.25, 0.3) is 0 Å². The summed E-state index contributed by atoms with van der Waals surface area (Å²) in [5.41, 5.74) is 0. The van der Waals surface area contributed by atoms with Crippen LogP contribution in [0, 0.1) is 5.21 Å². The van der Waals surface area contributed by atoms with E-state index in [9.17, 15) is 15.1 Å². The Labute approximate surface area is 45.0 Å². The standard InChI is InChI=1S/C3H5NO4/c5-3(6)1-2-4(7)8/h2H,1H2,(H,5,6)(H,7,8)/p-1. The molecule has 0 amide bonds. The fourth-order valence-corrected chi connectivity index (χ4v) is 0.153. The van der Waals surface area contributed by atoms with Crippen LogP contribution in [-0.4, -0.2) is 22.3 Å². The minimum atomic E-state index is -1.40. The summed E-state index contributed by atoms with van der Waals surface area (Å²) in [5, 5.41) is 26.7. The number of carbonyl (C=O) groups excluding carboxylic acids is 1. The largest absolute Gasteiger partial charge is 0.550 e. The van der Waals surface area contributed by atoms with Gasteiger partial charge in [0.15, 0.2) is 0 Å². The van der Waals surface area contributed by atoms with E-state index < -0.39 is 17.3 Å². The van der Waals surface area contributed by atoms with E-state index in [2.05, 4.69) is 0 Å². The van der Waals surface area contributed by atoms with Crippen LogP contribution in [-0.2, 0) is 4.79 Å². The molecule has 0 saturated carbocycles. The Bertz CT molecular complexity index is 114. The summed E-state index contributed by atoms with van der Waals surface area (Å²) in [6, 6.07) is 0. The van der Waals surface area contributed by atoms with E-state index in [1.807, 2.05) is 0 Å². The number of aliphatic carboxylic acids is 1. The second-order valence-corrected chi connectivity index (χ2v) is 1.06. The van der Waals surface area contributed by atoms with Crippen LogP contribution >= 0.6 is 0 Å².